The molecule has 0 radical (unpaired) electrons. The predicted molar refractivity (Wildman–Crippen MR) is 104 cm³/mol. The van der Waals surface area contributed by atoms with Crippen LogP contribution in [-0.2, 0) is 0 Å². The second-order valence-corrected chi connectivity index (χ2v) is 6.12. The minimum Gasteiger partial charge on any atom is -0.455 e. The second-order valence-electron chi connectivity index (χ2n) is 6.12. The first-order chi connectivity index (χ1) is 12.8. The summed E-state index contributed by atoms with van der Waals surface area (Å²) in [6.07, 6.45) is 0.853. The van der Waals surface area contributed by atoms with Crippen LogP contribution in [0.5, 0.6) is 0 Å². The zero-order valence-electron chi connectivity index (χ0n) is 14.3. The van der Waals surface area contributed by atoms with Crippen molar-refractivity contribution >= 4 is 17.3 Å². The Morgan fingerprint density at radius 3 is 2.38 bits per heavy atom. The van der Waals surface area contributed by atoms with E-state index in [1.54, 1.807) is 0 Å². The van der Waals surface area contributed by atoms with Gasteiger partial charge in [-0.05, 0) is 37.3 Å². The van der Waals surface area contributed by atoms with E-state index < -0.39 is 0 Å². The fourth-order valence-corrected chi connectivity index (χ4v) is 2.95. The second kappa shape index (κ2) is 6.74. The fraction of sp³-hybridized carbons (Fsp3) is 0.0417. The van der Waals surface area contributed by atoms with E-state index in [0.29, 0.717) is 16.9 Å². The molecule has 26 heavy (non-hydrogen) atoms. The Kier molecular flexibility index (Phi) is 4.13. The van der Waals surface area contributed by atoms with Gasteiger partial charge in [-0.3, -0.25) is 4.79 Å². The summed E-state index contributed by atoms with van der Waals surface area (Å²) < 4.78 is 5.99. The SMILES string of the molecule is Cc1ccc(C#Cc2ccccc2-c2oc3ccccc3c2C=O)cc1. The standard InChI is InChI=1S/C24H16O2/c1-17-10-12-18(13-11-17)14-15-19-6-2-3-7-20(19)24-22(16-25)21-8-4-5-9-23(21)26-24/h2-13,16H,1H3. The lowest BCUT2D eigenvalue weighted by Gasteiger charge is -2.02. The summed E-state index contributed by atoms with van der Waals surface area (Å²) in [4.78, 5) is 11.7. The van der Waals surface area contributed by atoms with Gasteiger partial charge in [0.15, 0.2) is 6.29 Å². The molecular formula is C24H16O2. The van der Waals surface area contributed by atoms with Gasteiger partial charge in [0.1, 0.15) is 11.3 Å². The van der Waals surface area contributed by atoms with Crippen LogP contribution in [-0.4, -0.2) is 6.29 Å². The number of carbonyl (C=O) groups is 1. The van der Waals surface area contributed by atoms with Crippen molar-refractivity contribution in [2.75, 3.05) is 0 Å². The number of para-hydroxylation sites is 1. The highest BCUT2D eigenvalue weighted by atomic mass is 16.3. The molecule has 0 unspecified atom stereocenters. The van der Waals surface area contributed by atoms with Crippen LogP contribution in [0.4, 0.5) is 0 Å². The van der Waals surface area contributed by atoms with Gasteiger partial charge in [-0.15, -0.1) is 0 Å². The van der Waals surface area contributed by atoms with Crippen LogP contribution in [0.1, 0.15) is 27.0 Å². The van der Waals surface area contributed by atoms with E-state index in [0.717, 1.165) is 28.4 Å². The van der Waals surface area contributed by atoms with E-state index in [1.165, 1.54) is 5.56 Å². The Balaban J connectivity index is 1.85. The molecule has 2 heteroatoms. The summed E-state index contributed by atoms with van der Waals surface area (Å²) >= 11 is 0. The van der Waals surface area contributed by atoms with E-state index in [1.807, 2.05) is 72.8 Å². The Morgan fingerprint density at radius 2 is 1.58 bits per heavy atom. The first-order valence-corrected chi connectivity index (χ1v) is 8.41. The number of benzene rings is 3. The van der Waals surface area contributed by atoms with Crippen molar-refractivity contribution in [3.8, 4) is 23.2 Å². The first kappa shape index (κ1) is 15.9. The van der Waals surface area contributed by atoms with Crippen molar-refractivity contribution < 1.29 is 9.21 Å². The Labute approximate surface area is 152 Å². The highest BCUT2D eigenvalue weighted by Gasteiger charge is 2.16. The zero-order valence-corrected chi connectivity index (χ0v) is 14.3. The van der Waals surface area contributed by atoms with E-state index in [-0.39, 0.29) is 0 Å². The molecular weight excluding hydrogens is 320 g/mol. The molecule has 3 aromatic carbocycles. The first-order valence-electron chi connectivity index (χ1n) is 8.41. The molecule has 0 aliphatic heterocycles. The highest BCUT2D eigenvalue weighted by molar-refractivity contribution is 6.03. The summed E-state index contributed by atoms with van der Waals surface area (Å²) in [5, 5.41) is 0.818. The molecule has 0 bridgehead atoms. The van der Waals surface area contributed by atoms with Gasteiger partial charge in [-0.2, -0.15) is 0 Å². The molecule has 1 heterocycles. The van der Waals surface area contributed by atoms with E-state index in [2.05, 4.69) is 18.8 Å². The Hall–Kier alpha value is -3.57. The van der Waals surface area contributed by atoms with Gasteiger partial charge < -0.3 is 4.42 Å². The van der Waals surface area contributed by atoms with Crippen molar-refractivity contribution in [1.82, 2.24) is 0 Å². The van der Waals surface area contributed by atoms with Crippen LogP contribution in [0.15, 0.2) is 77.2 Å². The highest BCUT2D eigenvalue weighted by Crippen LogP contribution is 2.34. The zero-order chi connectivity index (χ0) is 17.9. The summed E-state index contributed by atoms with van der Waals surface area (Å²) in [7, 11) is 0. The topological polar surface area (TPSA) is 30.2 Å². The maximum atomic E-state index is 11.7. The third-order valence-electron chi connectivity index (χ3n) is 4.32. The average Bonchev–Trinajstić information content (AvgIpc) is 3.06. The molecule has 0 atom stereocenters. The summed E-state index contributed by atoms with van der Waals surface area (Å²) in [6, 6.07) is 23.4. The number of rotatable bonds is 2. The largest absolute Gasteiger partial charge is 0.455 e. The normalized spacial score (nSPS) is 10.3. The number of aldehydes is 1. The van der Waals surface area contributed by atoms with Crippen LogP contribution >= 0.6 is 0 Å². The molecule has 0 saturated heterocycles. The molecule has 0 aliphatic carbocycles. The van der Waals surface area contributed by atoms with Gasteiger partial charge in [0, 0.05) is 22.1 Å². The van der Waals surface area contributed by atoms with Gasteiger partial charge in [0.05, 0.1) is 5.56 Å². The molecule has 0 aliphatic rings. The number of carbonyl (C=O) groups excluding carboxylic acids is 1. The third-order valence-corrected chi connectivity index (χ3v) is 4.32. The van der Waals surface area contributed by atoms with Crippen LogP contribution in [0.2, 0.25) is 0 Å². The summed E-state index contributed by atoms with van der Waals surface area (Å²) in [6.45, 7) is 2.05. The van der Waals surface area contributed by atoms with Crippen molar-refractivity contribution in [3.63, 3.8) is 0 Å². The molecule has 4 rings (SSSR count). The van der Waals surface area contributed by atoms with Crippen molar-refractivity contribution in [3.05, 3.63) is 95.1 Å². The molecule has 1 aromatic heterocycles. The molecule has 0 saturated carbocycles. The molecule has 0 N–H and O–H groups in total. The fourth-order valence-electron chi connectivity index (χ4n) is 2.95. The minimum atomic E-state index is 0.560. The molecule has 124 valence electrons. The summed E-state index contributed by atoms with van der Waals surface area (Å²) in [5.41, 5.74) is 5.07. The Morgan fingerprint density at radius 1 is 0.846 bits per heavy atom. The maximum absolute atomic E-state index is 11.7. The lowest BCUT2D eigenvalue weighted by molar-refractivity contribution is 0.112. The van der Waals surface area contributed by atoms with E-state index in [4.69, 9.17) is 4.42 Å². The number of fused-ring (bicyclic) bond motifs is 1. The lowest BCUT2D eigenvalue weighted by atomic mass is 10.0. The number of aryl methyl sites for hydroxylation is 1. The van der Waals surface area contributed by atoms with E-state index >= 15 is 0 Å². The smallest absolute Gasteiger partial charge is 0.154 e. The average molecular weight is 336 g/mol. The molecule has 0 amide bonds. The molecule has 0 spiro atoms. The maximum Gasteiger partial charge on any atom is 0.154 e. The predicted octanol–water partition coefficient (Wildman–Crippen LogP) is 5.62. The molecule has 0 fully saturated rings. The van der Waals surface area contributed by atoms with E-state index in [9.17, 15) is 4.79 Å². The lowest BCUT2D eigenvalue weighted by Crippen LogP contribution is -1.87. The number of furan rings is 1. The summed E-state index contributed by atoms with van der Waals surface area (Å²) in [5.74, 6) is 6.97. The minimum absolute atomic E-state index is 0.560. The number of hydrogen-bond acceptors (Lipinski definition) is 2. The van der Waals surface area contributed by atoms with Crippen molar-refractivity contribution in [2.45, 2.75) is 6.92 Å². The van der Waals surface area contributed by atoms with Gasteiger partial charge in [0.25, 0.3) is 0 Å². The molecule has 2 nitrogen and oxygen atoms in total. The van der Waals surface area contributed by atoms with Gasteiger partial charge >= 0.3 is 0 Å². The monoisotopic (exact) mass is 336 g/mol. The van der Waals surface area contributed by atoms with Crippen molar-refractivity contribution in [1.29, 1.82) is 0 Å². The van der Waals surface area contributed by atoms with Gasteiger partial charge in [-0.25, -0.2) is 0 Å². The van der Waals surface area contributed by atoms with Crippen LogP contribution in [0, 0.1) is 18.8 Å². The third kappa shape index (κ3) is 2.92. The van der Waals surface area contributed by atoms with Crippen LogP contribution in [0.25, 0.3) is 22.3 Å². The number of hydrogen-bond donors (Lipinski definition) is 0. The molecule has 4 aromatic rings. The van der Waals surface area contributed by atoms with Crippen LogP contribution < -0.4 is 0 Å². The Bertz CT molecular complexity index is 1150. The van der Waals surface area contributed by atoms with Gasteiger partial charge in [0.2, 0.25) is 0 Å². The van der Waals surface area contributed by atoms with Gasteiger partial charge in [-0.1, -0.05) is 59.9 Å². The van der Waals surface area contributed by atoms with Crippen molar-refractivity contribution in [2.24, 2.45) is 0 Å². The van der Waals surface area contributed by atoms with Crippen LogP contribution in [0.3, 0.4) is 0 Å². The quantitative estimate of drug-likeness (QED) is 0.351.